The Balaban J connectivity index is 1.34. The number of hydrogen-bond acceptors (Lipinski definition) is 8. The average Bonchev–Trinajstić information content (AvgIpc) is 3.32. The van der Waals surface area contributed by atoms with Gasteiger partial charge >= 0.3 is 0 Å². The summed E-state index contributed by atoms with van der Waals surface area (Å²) in [4.78, 5) is 35.3. The Morgan fingerprint density at radius 2 is 1.59 bits per heavy atom. The predicted molar refractivity (Wildman–Crippen MR) is 121 cm³/mol. The summed E-state index contributed by atoms with van der Waals surface area (Å²) in [6, 6.07) is 16.8. The standard InChI is InChI=1S/C23H18N6O2S/c1-13-7-9-15(10-8-13)18-11-19(25-14(2)24-18)26-23-28-27-20(32-23)12-29-21(30)16-5-3-4-6-17(16)22(29)31/h3-11H,12H2,1-2H3,(H,24,25,26,28). The summed E-state index contributed by atoms with van der Waals surface area (Å²) in [5.41, 5.74) is 3.81. The van der Waals surface area contributed by atoms with Crippen LogP contribution in [-0.2, 0) is 6.54 Å². The average molecular weight is 443 g/mol. The van der Waals surface area contributed by atoms with Gasteiger partial charge in [-0.05, 0) is 26.0 Å². The lowest BCUT2D eigenvalue weighted by Crippen LogP contribution is -2.29. The van der Waals surface area contributed by atoms with Gasteiger partial charge in [0.2, 0.25) is 5.13 Å². The highest BCUT2D eigenvalue weighted by molar-refractivity contribution is 7.15. The molecule has 1 aliphatic rings. The van der Waals surface area contributed by atoms with Crippen molar-refractivity contribution in [3.05, 3.63) is 82.1 Å². The highest BCUT2D eigenvalue weighted by atomic mass is 32.1. The third kappa shape index (κ3) is 3.74. The van der Waals surface area contributed by atoms with Crippen LogP contribution in [0.1, 0.15) is 37.1 Å². The van der Waals surface area contributed by atoms with Crippen molar-refractivity contribution in [2.75, 3.05) is 5.32 Å². The van der Waals surface area contributed by atoms with Crippen LogP contribution in [0.3, 0.4) is 0 Å². The third-order valence-electron chi connectivity index (χ3n) is 5.06. The van der Waals surface area contributed by atoms with E-state index in [1.54, 1.807) is 24.3 Å². The van der Waals surface area contributed by atoms with Gasteiger partial charge in [0.25, 0.3) is 11.8 Å². The highest BCUT2D eigenvalue weighted by Crippen LogP contribution is 2.28. The second-order valence-electron chi connectivity index (χ2n) is 7.42. The fourth-order valence-electron chi connectivity index (χ4n) is 3.50. The highest BCUT2D eigenvalue weighted by Gasteiger charge is 2.35. The summed E-state index contributed by atoms with van der Waals surface area (Å²) >= 11 is 1.27. The van der Waals surface area contributed by atoms with Crippen molar-refractivity contribution in [3.8, 4) is 11.3 Å². The first-order chi connectivity index (χ1) is 15.5. The van der Waals surface area contributed by atoms with E-state index in [1.165, 1.54) is 21.8 Å². The number of nitrogens with one attached hydrogen (secondary N) is 1. The Bertz CT molecular complexity index is 1310. The molecule has 0 fully saturated rings. The Kier molecular flexibility index (Phi) is 4.95. The molecule has 0 saturated carbocycles. The zero-order valence-electron chi connectivity index (χ0n) is 17.4. The number of benzene rings is 2. The predicted octanol–water partition coefficient (Wildman–Crippen LogP) is 4.15. The molecule has 158 valence electrons. The molecule has 8 nitrogen and oxygen atoms in total. The third-order valence-corrected chi connectivity index (χ3v) is 5.88. The van der Waals surface area contributed by atoms with Crippen LogP contribution >= 0.6 is 11.3 Å². The van der Waals surface area contributed by atoms with Crippen LogP contribution in [0.5, 0.6) is 0 Å². The molecule has 0 unspecified atom stereocenters. The largest absolute Gasteiger partial charge is 0.315 e. The Morgan fingerprint density at radius 3 is 2.28 bits per heavy atom. The molecular formula is C23H18N6O2S. The number of hydrogen-bond donors (Lipinski definition) is 1. The fourth-order valence-corrected chi connectivity index (χ4v) is 4.24. The number of fused-ring (bicyclic) bond motifs is 1. The van der Waals surface area contributed by atoms with Crippen LogP contribution in [0.4, 0.5) is 10.9 Å². The maximum atomic E-state index is 12.6. The van der Waals surface area contributed by atoms with Gasteiger partial charge in [-0.2, -0.15) is 0 Å². The zero-order chi connectivity index (χ0) is 22.2. The van der Waals surface area contributed by atoms with Crippen LogP contribution in [0, 0.1) is 13.8 Å². The van der Waals surface area contributed by atoms with Crippen molar-refractivity contribution in [3.63, 3.8) is 0 Å². The van der Waals surface area contributed by atoms with E-state index in [9.17, 15) is 9.59 Å². The van der Waals surface area contributed by atoms with E-state index in [4.69, 9.17) is 0 Å². The molecule has 0 aliphatic carbocycles. The van der Waals surface area contributed by atoms with E-state index in [-0.39, 0.29) is 18.4 Å². The number of nitrogens with zero attached hydrogens (tertiary/aromatic N) is 5. The minimum absolute atomic E-state index is 0.0725. The SMILES string of the molecule is Cc1ccc(-c2cc(Nc3nnc(CN4C(=O)c5ccccc5C4=O)s3)nc(C)n2)cc1. The van der Waals surface area contributed by atoms with E-state index in [2.05, 4.69) is 25.5 Å². The lowest BCUT2D eigenvalue weighted by molar-refractivity contribution is 0.0642. The lowest BCUT2D eigenvalue weighted by atomic mass is 10.1. The van der Waals surface area contributed by atoms with Gasteiger partial charge in [0, 0.05) is 11.6 Å². The topological polar surface area (TPSA) is 101 Å². The summed E-state index contributed by atoms with van der Waals surface area (Å²) in [5.74, 6) is 0.590. The van der Waals surface area contributed by atoms with Gasteiger partial charge in [0.15, 0.2) is 0 Å². The van der Waals surface area contributed by atoms with Gasteiger partial charge in [-0.15, -0.1) is 10.2 Å². The number of aromatic nitrogens is 4. The molecule has 0 atom stereocenters. The fraction of sp³-hybridized carbons (Fsp3) is 0.130. The second kappa shape index (κ2) is 7.93. The number of imide groups is 1. The minimum atomic E-state index is -0.315. The van der Waals surface area contributed by atoms with Gasteiger partial charge in [-0.25, -0.2) is 9.97 Å². The molecular weight excluding hydrogens is 424 g/mol. The molecule has 0 radical (unpaired) electrons. The summed E-state index contributed by atoms with van der Waals surface area (Å²) < 4.78 is 0. The first kappa shape index (κ1) is 20.0. The molecule has 4 aromatic rings. The van der Waals surface area contributed by atoms with Crippen LogP contribution in [0.15, 0.2) is 54.6 Å². The molecule has 2 aromatic heterocycles. The van der Waals surface area contributed by atoms with Crippen molar-refractivity contribution >= 4 is 34.1 Å². The smallest absolute Gasteiger partial charge is 0.261 e. The van der Waals surface area contributed by atoms with Crippen molar-refractivity contribution in [1.82, 2.24) is 25.1 Å². The molecule has 0 spiro atoms. The molecule has 2 aromatic carbocycles. The molecule has 9 heteroatoms. The first-order valence-electron chi connectivity index (χ1n) is 9.95. The summed E-state index contributed by atoms with van der Waals surface area (Å²) in [5, 5.41) is 12.5. The monoisotopic (exact) mass is 442 g/mol. The molecule has 0 bridgehead atoms. The van der Waals surface area contributed by atoms with E-state index < -0.39 is 0 Å². The first-order valence-corrected chi connectivity index (χ1v) is 10.8. The number of carbonyl (C=O) groups excluding carboxylic acids is 2. The normalized spacial score (nSPS) is 12.9. The maximum Gasteiger partial charge on any atom is 0.261 e. The van der Waals surface area contributed by atoms with Gasteiger partial charge in [0.1, 0.15) is 16.6 Å². The number of aryl methyl sites for hydroxylation is 2. The Morgan fingerprint density at radius 1 is 0.906 bits per heavy atom. The minimum Gasteiger partial charge on any atom is -0.315 e. The summed E-state index contributed by atoms with van der Waals surface area (Å²) in [6.07, 6.45) is 0. The molecule has 32 heavy (non-hydrogen) atoms. The summed E-state index contributed by atoms with van der Waals surface area (Å²) in [7, 11) is 0. The van der Waals surface area contributed by atoms with Crippen LogP contribution in [-0.4, -0.2) is 36.9 Å². The number of rotatable bonds is 5. The van der Waals surface area contributed by atoms with Crippen LogP contribution in [0.25, 0.3) is 11.3 Å². The summed E-state index contributed by atoms with van der Waals surface area (Å²) in [6.45, 7) is 3.94. The maximum absolute atomic E-state index is 12.6. The Labute approximate surface area is 188 Å². The van der Waals surface area contributed by atoms with Crippen LogP contribution in [0.2, 0.25) is 0 Å². The molecule has 3 heterocycles. The molecule has 1 aliphatic heterocycles. The van der Waals surface area contributed by atoms with Gasteiger partial charge in [-0.1, -0.05) is 53.3 Å². The quantitative estimate of drug-likeness (QED) is 0.463. The van der Waals surface area contributed by atoms with E-state index >= 15 is 0 Å². The molecule has 1 N–H and O–H groups in total. The van der Waals surface area contributed by atoms with E-state index in [0.717, 1.165) is 11.3 Å². The number of amides is 2. The van der Waals surface area contributed by atoms with Gasteiger partial charge < -0.3 is 5.32 Å². The lowest BCUT2D eigenvalue weighted by Gasteiger charge is -2.10. The van der Waals surface area contributed by atoms with E-state index in [1.807, 2.05) is 44.2 Å². The van der Waals surface area contributed by atoms with E-state index in [0.29, 0.717) is 32.9 Å². The Hall–Kier alpha value is -3.98. The van der Waals surface area contributed by atoms with Crippen molar-refractivity contribution < 1.29 is 9.59 Å². The van der Waals surface area contributed by atoms with Gasteiger partial charge in [0.05, 0.1) is 23.4 Å². The van der Waals surface area contributed by atoms with Crippen molar-refractivity contribution in [1.29, 1.82) is 0 Å². The second-order valence-corrected chi connectivity index (χ2v) is 8.48. The van der Waals surface area contributed by atoms with Crippen molar-refractivity contribution in [2.45, 2.75) is 20.4 Å². The zero-order valence-corrected chi connectivity index (χ0v) is 18.2. The molecule has 0 saturated heterocycles. The number of anilines is 2. The van der Waals surface area contributed by atoms with Crippen molar-refractivity contribution in [2.24, 2.45) is 0 Å². The van der Waals surface area contributed by atoms with Gasteiger partial charge in [-0.3, -0.25) is 14.5 Å². The number of carbonyl (C=O) groups is 2. The molecule has 2 amide bonds. The molecule has 5 rings (SSSR count). The van der Waals surface area contributed by atoms with Crippen LogP contribution < -0.4 is 5.32 Å².